The van der Waals surface area contributed by atoms with Crippen molar-refractivity contribution < 1.29 is 9.50 Å². The van der Waals surface area contributed by atoms with Crippen LogP contribution in [0.4, 0.5) is 4.39 Å². The average molecular weight is 209 g/mol. The first-order valence-electron chi connectivity index (χ1n) is 5.16. The van der Waals surface area contributed by atoms with Crippen LogP contribution in [-0.4, -0.2) is 28.7 Å². The molecule has 0 spiro atoms. The van der Waals surface area contributed by atoms with E-state index in [1.807, 2.05) is 19.9 Å². The summed E-state index contributed by atoms with van der Waals surface area (Å²) in [5, 5.41) is 9.57. The van der Waals surface area contributed by atoms with E-state index in [1.165, 1.54) is 6.07 Å². The van der Waals surface area contributed by atoms with E-state index in [0.717, 1.165) is 17.7 Å². The smallest absolute Gasteiger partial charge is 0.123 e. The number of β-amino-alcohol motifs (C(OH)–C–C–N with tert-alkyl or cyclic N) is 1. The number of hydrogen-bond donors (Lipinski definition) is 1. The van der Waals surface area contributed by atoms with Gasteiger partial charge in [-0.05, 0) is 37.1 Å². The Morgan fingerprint density at radius 2 is 2.13 bits per heavy atom. The maximum Gasteiger partial charge on any atom is 0.123 e. The van der Waals surface area contributed by atoms with Gasteiger partial charge >= 0.3 is 0 Å². The number of aryl methyl sites for hydroxylation is 1. The minimum Gasteiger partial charge on any atom is -0.388 e. The summed E-state index contributed by atoms with van der Waals surface area (Å²) in [4.78, 5) is 2.15. The molecule has 0 bridgehead atoms. The van der Waals surface area contributed by atoms with Gasteiger partial charge in [-0.2, -0.15) is 0 Å². The van der Waals surface area contributed by atoms with E-state index in [0.29, 0.717) is 13.1 Å². The van der Waals surface area contributed by atoms with Gasteiger partial charge in [0.15, 0.2) is 0 Å². The van der Waals surface area contributed by atoms with Gasteiger partial charge in [0.1, 0.15) is 5.82 Å². The van der Waals surface area contributed by atoms with Crippen LogP contribution in [-0.2, 0) is 6.54 Å². The first-order chi connectivity index (χ1) is 6.96. The van der Waals surface area contributed by atoms with Crippen LogP contribution in [0.3, 0.4) is 0 Å². The fourth-order valence-electron chi connectivity index (χ4n) is 2.11. The van der Waals surface area contributed by atoms with Gasteiger partial charge in [-0.3, -0.25) is 4.90 Å². The Labute approximate surface area is 89.3 Å². The number of rotatable bonds is 2. The quantitative estimate of drug-likeness (QED) is 0.801. The second-order valence-corrected chi connectivity index (χ2v) is 4.71. The van der Waals surface area contributed by atoms with Gasteiger partial charge in [-0.1, -0.05) is 6.07 Å². The lowest BCUT2D eigenvalue weighted by Crippen LogP contribution is -2.59. The van der Waals surface area contributed by atoms with Crippen LogP contribution in [0, 0.1) is 12.7 Å². The normalized spacial score (nSPS) is 20.0. The molecule has 1 N–H and O–H groups in total. The standard InChI is InChI=1S/C12H16FNO/c1-9-5-11(13)4-3-10(9)6-14-7-12(2,15)8-14/h3-5,15H,6-8H2,1-2H3. The summed E-state index contributed by atoms with van der Waals surface area (Å²) in [6.07, 6.45) is 0. The van der Waals surface area contributed by atoms with E-state index < -0.39 is 5.60 Å². The maximum absolute atomic E-state index is 12.9. The van der Waals surface area contributed by atoms with Crippen LogP contribution in [0.15, 0.2) is 18.2 Å². The highest BCUT2D eigenvalue weighted by Gasteiger charge is 2.36. The molecular formula is C12H16FNO. The lowest BCUT2D eigenvalue weighted by molar-refractivity contribution is -0.0872. The Morgan fingerprint density at radius 3 is 2.67 bits per heavy atom. The predicted molar refractivity (Wildman–Crippen MR) is 57.0 cm³/mol. The van der Waals surface area contributed by atoms with Gasteiger partial charge in [-0.25, -0.2) is 4.39 Å². The van der Waals surface area contributed by atoms with E-state index in [1.54, 1.807) is 6.07 Å². The Hall–Kier alpha value is -0.930. The minimum atomic E-state index is -0.534. The zero-order chi connectivity index (χ0) is 11.1. The third kappa shape index (κ3) is 2.36. The molecule has 1 heterocycles. The molecule has 0 amide bonds. The van der Waals surface area contributed by atoms with E-state index in [4.69, 9.17) is 0 Å². The Balaban J connectivity index is 2.00. The first kappa shape index (κ1) is 10.6. The molecule has 1 fully saturated rings. The van der Waals surface area contributed by atoms with Gasteiger partial charge in [0, 0.05) is 19.6 Å². The fourth-order valence-corrected chi connectivity index (χ4v) is 2.11. The molecule has 1 saturated heterocycles. The van der Waals surface area contributed by atoms with E-state index in [9.17, 15) is 9.50 Å². The Bertz CT molecular complexity index is 368. The largest absolute Gasteiger partial charge is 0.388 e. The fraction of sp³-hybridized carbons (Fsp3) is 0.500. The van der Waals surface area contributed by atoms with Crippen LogP contribution >= 0.6 is 0 Å². The second kappa shape index (κ2) is 3.58. The summed E-state index contributed by atoms with van der Waals surface area (Å²) in [6.45, 7) is 5.94. The molecule has 0 aliphatic carbocycles. The van der Waals surface area contributed by atoms with Crippen molar-refractivity contribution in [1.82, 2.24) is 4.90 Å². The zero-order valence-electron chi connectivity index (χ0n) is 9.13. The SMILES string of the molecule is Cc1cc(F)ccc1CN1CC(C)(O)C1. The van der Waals surface area contributed by atoms with Crippen molar-refractivity contribution in [3.05, 3.63) is 35.1 Å². The van der Waals surface area contributed by atoms with E-state index in [-0.39, 0.29) is 5.82 Å². The summed E-state index contributed by atoms with van der Waals surface area (Å²) in [5.41, 5.74) is 1.57. The maximum atomic E-state index is 12.9. The van der Waals surface area contributed by atoms with Gasteiger partial charge in [0.2, 0.25) is 0 Å². The molecule has 1 aromatic carbocycles. The van der Waals surface area contributed by atoms with Crippen LogP contribution < -0.4 is 0 Å². The van der Waals surface area contributed by atoms with Crippen LogP contribution in [0.25, 0.3) is 0 Å². The minimum absolute atomic E-state index is 0.188. The van der Waals surface area contributed by atoms with Crippen molar-refractivity contribution in [3.63, 3.8) is 0 Å². The van der Waals surface area contributed by atoms with Crippen molar-refractivity contribution in [2.24, 2.45) is 0 Å². The van der Waals surface area contributed by atoms with Crippen molar-refractivity contribution >= 4 is 0 Å². The molecule has 82 valence electrons. The molecule has 15 heavy (non-hydrogen) atoms. The van der Waals surface area contributed by atoms with Crippen molar-refractivity contribution in [3.8, 4) is 0 Å². The zero-order valence-corrected chi connectivity index (χ0v) is 9.13. The predicted octanol–water partition coefficient (Wildman–Crippen LogP) is 1.70. The summed E-state index contributed by atoms with van der Waals surface area (Å²) >= 11 is 0. The topological polar surface area (TPSA) is 23.5 Å². The Kier molecular flexibility index (Phi) is 2.52. The molecule has 1 aliphatic heterocycles. The van der Waals surface area contributed by atoms with Crippen LogP contribution in [0.5, 0.6) is 0 Å². The molecule has 0 aromatic heterocycles. The molecule has 2 nitrogen and oxygen atoms in total. The number of nitrogens with zero attached hydrogens (tertiary/aromatic N) is 1. The van der Waals surface area contributed by atoms with E-state index >= 15 is 0 Å². The third-order valence-electron chi connectivity index (χ3n) is 2.83. The first-order valence-corrected chi connectivity index (χ1v) is 5.16. The summed E-state index contributed by atoms with van der Waals surface area (Å²) < 4.78 is 12.9. The van der Waals surface area contributed by atoms with Gasteiger partial charge in [0.25, 0.3) is 0 Å². The average Bonchev–Trinajstić information content (AvgIpc) is 2.06. The second-order valence-electron chi connectivity index (χ2n) is 4.71. The number of hydrogen-bond acceptors (Lipinski definition) is 2. The van der Waals surface area contributed by atoms with Crippen molar-refractivity contribution in [1.29, 1.82) is 0 Å². The molecule has 0 radical (unpaired) electrons. The van der Waals surface area contributed by atoms with Crippen LogP contribution in [0.2, 0.25) is 0 Å². The monoisotopic (exact) mass is 209 g/mol. The lowest BCUT2D eigenvalue weighted by atomic mass is 9.95. The number of benzene rings is 1. The lowest BCUT2D eigenvalue weighted by Gasteiger charge is -2.44. The summed E-state index contributed by atoms with van der Waals surface area (Å²) in [7, 11) is 0. The van der Waals surface area contributed by atoms with Gasteiger partial charge < -0.3 is 5.11 Å². The van der Waals surface area contributed by atoms with Crippen molar-refractivity contribution in [2.75, 3.05) is 13.1 Å². The molecule has 0 saturated carbocycles. The van der Waals surface area contributed by atoms with Crippen LogP contribution in [0.1, 0.15) is 18.1 Å². The molecule has 0 unspecified atom stereocenters. The van der Waals surface area contributed by atoms with Gasteiger partial charge in [-0.15, -0.1) is 0 Å². The third-order valence-corrected chi connectivity index (χ3v) is 2.83. The number of aliphatic hydroxyl groups is 1. The summed E-state index contributed by atoms with van der Waals surface area (Å²) in [5.74, 6) is -0.188. The highest BCUT2D eigenvalue weighted by molar-refractivity contribution is 5.26. The number of likely N-dealkylation sites (tertiary alicyclic amines) is 1. The number of halogens is 1. The molecule has 2 rings (SSSR count). The van der Waals surface area contributed by atoms with E-state index in [2.05, 4.69) is 4.90 Å². The molecule has 1 aromatic rings. The molecule has 3 heteroatoms. The highest BCUT2D eigenvalue weighted by Crippen LogP contribution is 2.23. The highest BCUT2D eigenvalue weighted by atomic mass is 19.1. The summed E-state index contributed by atoms with van der Waals surface area (Å²) in [6, 6.07) is 4.85. The van der Waals surface area contributed by atoms with Gasteiger partial charge in [0.05, 0.1) is 5.60 Å². The molecule has 0 atom stereocenters. The Morgan fingerprint density at radius 1 is 1.47 bits per heavy atom. The molecule has 1 aliphatic rings. The molecular weight excluding hydrogens is 193 g/mol. The van der Waals surface area contributed by atoms with Crippen molar-refractivity contribution in [2.45, 2.75) is 26.0 Å².